The van der Waals surface area contributed by atoms with Crippen molar-refractivity contribution in [2.75, 3.05) is 0 Å². The van der Waals surface area contributed by atoms with Crippen LogP contribution in [0.25, 0.3) is 11.3 Å². The van der Waals surface area contributed by atoms with E-state index in [4.69, 9.17) is 8.60 Å². The lowest BCUT2D eigenvalue weighted by Crippen LogP contribution is -2.10. The second-order valence-corrected chi connectivity index (χ2v) is 7.93. The highest BCUT2D eigenvalue weighted by molar-refractivity contribution is 7.87. The van der Waals surface area contributed by atoms with Gasteiger partial charge in [0.2, 0.25) is 0 Å². The van der Waals surface area contributed by atoms with E-state index in [1.165, 1.54) is 24.5 Å². The maximum atomic E-state index is 12.4. The van der Waals surface area contributed by atoms with Gasteiger partial charge in [0.05, 0.1) is 16.7 Å². The molecule has 0 amide bonds. The number of hydrogen-bond acceptors (Lipinski definition) is 6. The van der Waals surface area contributed by atoms with Crippen LogP contribution >= 0.6 is 0 Å². The maximum absolute atomic E-state index is 12.4. The number of furan rings is 1. The highest BCUT2D eigenvalue weighted by Gasteiger charge is 2.22. The Kier molecular flexibility index (Phi) is 4.38. The zero-order valence-electron chi connectivity index (χ0n) is 12.6. The molecular formula is C16H12O7S2. The Morgan fingerprint density at radius 2 is 1.56 bits per heavy atom. The Bertz CT molecular complexity index is 1080. The summed E-state index contributed by atoms with van der Waals surface area (Å²) in [6.07, 6.45) is 1.34. The van der Waals surface area contributed by atoms with E-state index < -0.39 is 25.1 Å². The lowest BCUT2D eigenvalue weighted by Gasteiger charge is -2.11. The summed E-state index contributed by atoms with van der Waals surface area (Å²) in [6, 6.07) is 13.8. The van der Waals surface area contributed by atoms with Gasteiger partial charge >= 0.3 is 10.1 Å². The molecule has 1 aromatic heterocycles. The van der Waals surface area contributed by atoms with Crippen LogP contribution in [-0.4, -0.2) is 21.4 Å². The topological polar surface area (TPSA) is 111 Å². The molecule has 0 radical (unpaired) electrons. The summed E-state index contributed by atoms with van der Waals surface area (Å²) in [5.41, 5.74) is 0.0691. The van der Waals surface area contributed by atoms with E-state index in [9.17, 15) is 21.4 Å². The molecule has 0 aliphatic carbocycles. The Hall–Kier alpha value is -2.62. The fraction of sp³-hybridized carbons (Fsp3) is 0. The second-order valence-electron chi connectivity index (χ2n) is 4.96. The Balaban J connectivity index is 2.10. The van der Waals surface area contributed by atoms with Crippen LogP contribution in [0, 0.1) is 0 Å². The van der Waals surface area contributed by atoms with Crippen LogP contribution in [0.1, 0.15) is 0 Å². The molecule has 130 valence electrons. The van der Waals surface area contributed by atoms with Gasteiger partial charge < -0.3 is 8.60 Å². The van der Waals surface area contributed by atoms with Gasteiger partial charge in [-0.05, 0) is 42.5 Å². The molecule has 2 aromatic carbocycles. The van der Waals surface area contributed by atoms with E-state index in [0.29, 0.717) is 0 Å². The van der Waals surface area contributed by atoms with Crippen LogP contribution in [0.3, 0.4) is 0 Å². The van der Waals surface area contributed by atoms with Crippen molar-refractivity contribution in [3.05, 3.63) is 66.9 Å². The van der Waals surface area contributed by atoms with Crippen molar-refractivity contribution in [3.8, 4) is 17.1 Å². The molecule has 0 aliphatic rings. The zero-order chi connectivity index (χ0) is 18.1. The standard InChI is InChI=1S/C16H12O7S2/c17-24(18,19)13-8-9-16(14(11-13)15-7-4-10-22-15)23-25(20,21)12-5-2-1-3-6-12/h1-11H,(H,17,18,19). The monoisotopic (exact) mass is 380 g/mol. The minimum atomic E-state index is -4.48. The molecule has 1 N–H and O–H groups in total. The largest absolute Gasteiger partial charge is 0.464 e. The molecule has 0 atom stereocenters. The molecule has 0 saturated heterocycles. The highest BCUT2D eigenvalue weighted by atomic mass is 32.2. The zero-order valence-corrected chi connectivity index (χ0v) is 14.2. The average molecular weight is 380 g/mol. The van der Waals surface area contributed by atoms with Crippen molar-refractivity contribution in [2.24, 2.45) is 0 Å². The van der Waals surface area contributed by atoms with Gasteiger partial charge in [0.25, 0.3) is 10.1 Å². The molecule has 0 saturated carbocycles. The quantitative estimate of drug-likeness (QED) is 0.535. The molecule has 0 spiro atoms. The third-order valence-corrected chi connectivity index (χ3v) is 5.37. The van der Waals surface area contributed by atoms with Crippen LogP contribution in [0.5, 0.6) is 5.75 Å². The van der Waals surface area contributed by atoms with E-state index >= 15 is 0 Å². The molecule has 3 aromatic rings. The number of rotatable bonds is 5. The first kappa shape index (κ1) is 17.2. The fourth-order valence-electron chi connectivity index (χ4n) is 2.12. The SMILES string of the molecule is O=S(=O)(O)c1ccc(OS(=O)(=O)c2ccccc2)c(-c2ccco2)c1. The Morgan fingerprint density at radius 1 is 0.840 bits per heavy atom. The summed E-state index contributed by atoms with van der Waals surface area (Å²) in [7, 11) is -8.60. The van der Waals surface area contributed by atoms with Crippen LogP contribution in [-0.2, 0) is 20.2 Å². The molecule has 0 fully saturated rings. The minimum absolute atomic E-state index is 0.0562. The third kappa shape index (κ3) is 3.73. The molecule has 0 unspecified atom stereocenters. The van der Waals surface area contributed by atoms with Gasteiger partial charge in [-0.3, -0.25) is 4.55 Å². The predicted octanol–water partition coefficient (Wildman–Crippen LogP) is 2.96. The Labute approximate surface area is 144 Å². The Morgan fingerprint density at radius 3 is 2.16 bits per heavy atom. The van der Waals surface area contributed by atoms with Gasteiger partial charge in [-0.25, -0.2) is 0 Å². The van der Waals surface area contributed by atoms with Crippen molar-refractivity contribution in [2.45, 2.75) is 9.79 Å². The van der Waals surface area contributed by atoms with Crippen molar-refractivity contribution in [1.82, 2.24) is 0 Å². The normalized spacial score (nSPS) is 12.0. The van der Waals surface area contributed by atoms with Gasteiger partial charge in [0, 0.05) is 0 Å². The van der Waals surface area contributed by atoms with Crippen LogP contribution < -0.4 is 4.18 Å². The summed E-state index contributed by atoms with van der Waals surface area (Å²) >= 11 is 0. The smallest absolute Gasteiger partial charge is 0.339 e. The molecule has 25 heavy (non-hydrogen) atoms. The highest BCUT2D eigenvalue weighted by Crippen LogP contribution is 2.34. The van der Waals surface area contributed by atoms with E-state index in [2.05, 4.69) is 0 Å². The van der Waals surface area contributed by atoms with Crippen molar-refractivity contribution >= 4 is 20.2 Å². The van der Waals surface area contributed by atoms with E-state index in [1.54, 1.807) is 24.3 Å². The maximum Gasteiger partial charge on any atom is 0.339 e. The van der Waals surface area contributed by atoms with Gasteiger partial charge in [0.1, 0.15) is 10.7 Å². The summed E-state index contributed by atoms with van der Waals surface area (Å²) in [5, 5.41) is 0. The predicted molar refractivity (Wildman–Crippen MR) is 88.2 cm³/mol. The van der Waals surface area contributed by atoms with Gasteiger partial charge in [-0.1, -0.05) is 18.2 Å². The molecule has 7 nitrogen and oxygen atoms in total. The van der Waals surface area contributed by atoms with Crippen molar-refractivity contribution in [1.29, 1.82) is 0 Å². The second kappa shape index (κ2) is 6.36. The summed E-state index contributed by atoms with van der Waals surface area (Å²) in [6.45, 7) is 0. The van der Waals surface area contributed by atoms with Crippen LogP contribution in [0.2, 0.25) is 0 Å². The lowest BCUT2D eigenvalue weighted by molar-refractivity contribution is 0.482. The van der Waals surface area contributed by atoms with Gasteiger partial charge in [-0.2, -0.15) is 16.8 Å². The first-order chi connectivity index (χ1) is 11.8. The van der Waals surface area contributed by atoms with Gasteiger partial charge in [-0.15, -0.1) is 0 Å². The first-order valence-electron chi connectivity index (χ1n) is 6.92. The molecule has 9 heteroatoms. The number of hydrogen-bond donors (Lipinski definition) is 1. The van der Waals surface area contributed by atoms with Crippen molar-refractivity contribution in [3.63, 3.8) is 0 Å². The lowest BCUT2D eigenvalue weighted by atomic mass is 10.1. The van der Waals surface area contributed by atoms with E-state index in [-0.39, 0.29) is 22.0 Å². The van der Waals surface area contributed by atoms with Crippen LogP contribution in [0.15, 0.2) is 81.1 Å². The van der Waals surface area contributed by atoms with Crippen molar-refractivity contribution < 1.29 is 30.0 Å². The van der Waals surface area contributed by atoms with E-state index in [1.807, 2.05) is 0 Å². The first-order valence-corrected chi connectivity index (χ1v) is 9.77. The molecular weight excluding hydrogens is 368 g/mol. The molecule has 0 aliphatic heterocycles. The minimum Gasteiger partial charge on any atom is -0.464 e. The van der Waals surface area contributed by atoms with Gasteiger partial charge in [0.15, 0.2) is 5.75 Å². The molecule has 1 heterocycles. The van der Waals surface area contributed by atoms with Crippen LogP contribution in [0.4, 0.5) is 0 Å². The molecule has 0 bridgehead atoms. The third-order valence-electron chi connectivity index (χ3n) is 3.27. The summed E-state index contributed by atoms with van der Waals surface area (Å²) in [4.78, 5) is -0.470. The fourth-order valence-corrected chi connectivity index (χ4v) is 3.60. The number of benzene rings is 2. The summed E-state index contributed by atoms with van der Waals surface area (Å²) in [5.74, 6) is 0.0509. The summed E-state index contributed by atoms with van der Waals surface area (Å²) < 4.78 is 67.0. The van der Waals surface area contributed by atoms with E-state index in [0.717, 1.165) is 18.2 Å². The average Bonchev–Trinajstić information content (AvgIpc) is 3.09. The molecule has 3 rings (SSSR count).